The first-order valence-electron chi connectivity index (χ1n) is 6.62. The summed E-state index contributed by atoms with van der Waals surface area (Å²) in [5, 5.41) is 3.39. The maximum atomic E-state index is 12.6. The van der Waals surface area contributed by atoms with Crippen molar-refractivity contribution in [3.8, 4) is 0 Å². The lowest BCUT2D eigenvalue weighted by atomic mass is 9.93. The Bertz CT molecular complexity index is 399. The minimum absolute atomic E-state index is 0.273. The summed E-state index contributed by atoms with van der Waals surface area (Å²) >= 11 is 0. The first kappa shape index (κ1) is 16.0. The molecule has 0 amide bonds. The van der Waals surface area contributed by atoms with Gasteiger partial charge < -0.3 is 5.32 Å². The number of rotatable bonds is 5. The van der Waals surface area contributed by atoms with Crippen molar-refractivity contribution in [3.63, 3.8) is 0 Å². The van der Waals surface area contributed by atoms with E-state index in [0.717, 1.165) is 11.6 Å². The van der Waals surface area contributed by atoms with Crippen LogP contribution in [0.15, 0.2) is 24.3 Å². The Balaban J connectivity index is 2.72. The fourth-order valence-electron chi connectivity index (χ4n) is 2.11. The van der Waals surface area contributed by atoms with Crippen LogP contribution in [0.5, 0.6) is 0 Å². The minimum Gasteiger partial charge on any atom is -0.312 e. The molecule has 0 aliphatic carbocycles. The third kappa shape index (κ3) is 5.23. The predicted octanol–water partition coefficient (Wildman–Crippen LogP) is 4.27. The Morgan fingerprint density at radius 1 is 1.11 bits per heavy atom. The van der Waals surface area contributed by atoms with Gasteiger partial charge in [-0.3, -0.25) is 0 Å². The van der Waals surface area contributed by atoms with E-state index in [-0.39, 0.29) is 12.0 Å². The predicted molar refractivity (Wildman–Crippen MR) is 72.0 cm³/mol. The van der Waals surface area contributed by atoms with Crippen LogP contribution in [0.2, 0.25) is 0 Å². The van der Waals surface area contributed by atoms with Crippen LogP contribution < -0.4 is 5.32 Å². The molecule has 0 saturated heterocycles. The molecule has 0 saturated carbocycles. The van der Waals surface area contributed by atoms with Crippen LogP contribution >= 0.6 is 0 Å². The largest absolute Gasteiger partial charge is 0.416 e. The summed E-state index contributed by atoms with van der Waals surface area (Å²) < 4.78 is 37.9. The molecule has 0 heterocycles. The highest BCUT2D eigenvalue weighted by molar-refractivity contribution is 5.26. The molecule has 0 spiro atoms. The van der Waals surface area contributed by atoms with E-state index in [1.807, 2.05) is 0 Å². The molecule has 108 valence electrons. The normalized spacial score (nSPS) is 15.6. The van der Waals surface area contributed by atoms with Gasteiger partial charge in [0.2, 0.25) is 0 Å². The number of nitrogens with one attached hydrogen (secondary N) is 1. The van der Waals surface area contributed by atoms with Crippen molar-refractivity contribution in [2.24, 2.45) is 5.92 Å². The molecule has 0 aliphatic heterocycles. The van der Waals surface area contributed by atoms with E-state index in [1.54, 1.807) is 6.07 Å². The number of hydrogen-bond acceptors (Lipinski definition) is 1. The SMILES string of the molecule is CC(C)NC(C)C(C)Cc1cccc(C(F)(F)F)c1. The van der Waals surface area contributed by atoms with Crippen molar-refractivity contribution >= 4 is 0 Å². The van der Waals surface area contributed by atoms with Crippen molar-refractivity contribution in [3.05, 3.63) is 35.4 Å². The van der Waals surface area contributed by atoms with Gasteiger partial charge in [-0.1, -0.05) is 39.0 Å². The Morgan fingerprint density at radius 2 is 1.74 bits per heavy atom. The van der Waals surface area contributed by atoms with Gasteiger partial charge in [0.05, 0.1) is 5.56 Å². The Morgan fingerprint density at radius 3 is 2.26 bits per heavy atom. The van der Waals surface area contributed by atoms with Crippen LogP contribution in [0.4, 0.5) is 13.2 Å². The van der Waals surface area contributed by atoms with E-state index in [4.69, 9.17) is 0 Å². The maximum Gasteiger partial charge on any atom is 0.416 e. The van der Waals surface area contributed by atoms with E-state index >= 15 is 0 Å². The first-order valence-corrected chi connectivity index (χ1v) is 6.62. The molecule has 4 heteroatoms. The van der Waals surface area contributed by atoms with Gasteiger partial charge in [0, 0.05) is 12.1 Å². The number of alkyl halides is 3. The summed E-state index contributed by atoms with van der Waals surface area (Å²) in [4.78, 5) is 0. The van der Waals surface area contributed by atoms with Crippen molar-refractivity contribution in [2.45, 2.75) is 52.4 Å². The van der Waals surface area contributed by atoms with Gasteiger partial charge >= 0.3 is 6.18 Å². The summed E-state index contributed by atoms with van der Waals surface area (Å²) in [6, 6.07) is 6.25. The molecule has 1 N–H and O–H groups in total. The summed E-state index contributed by atoms with van der Waals surface area (Å²) in [6.45, 7) is 8.25. The fraction of sp³-hybridized carbons (Fsp3) is 0.600. The zero-order chi connectivity index (χ0) is 14.6. The summed E-state index contributed by atoms with van der Waals surface area (Å²) in [5.74, 6) is 0.283. The standard InChI is InChI=1S/C15H22F3N/c1-10(2)19-12(4)11(3)8-13-6-5-7-14(9-13)15(16,17)18/h5-7,9-12,19H,8H2,1-4H3. The van der Waals surface area contributed by atoms with E-state index in [2.05, 4.69) is 33.0 Å². The van der Waals surface area contributed by atoms with Crippen LogP contribution in [-0.2, 0) is 12.6 Å². The summed E-state index contributed by atoms with van der Waals surface area (Å²) in [5.41, 5.74) is 0.168. The highest BCUT2D eigenvalue weighted by atomic mass is 19.4. The second-order valence-corrected chi connectivity index (χ2v) is 5.49. The molecule has 19 heavy (non-hydrogen) atoms. The van der Waals surface area contributed by atoms with Gasteiger partial charge in [0.1, 0.15) is 0 Å². The van der Waals surface area contributed by atoms with Gasteiger partial charge in [-0.05, 0) is 30.9 Å². The molecule has 0 radical (unpaired) electrons. The zero-order valence-electron chi connectivity index (χ0n) is 11.9. The molecular formula is C15H22F3N. The van der Waals surface area contributed by atoms with Crippen molar-refractivity contribution in [2.75, 3.05) is 0 Å². The van der Waals surface area contributed by atoms with Gasteiger partial charge in [-0.15, -0.1) is 0 Å². The average molecular weight is 273 g/mol. The smallest absolute Gasteiger partial charge is 0.312 e. The van der Waals surface area contributed by atoms with E-state index in [1.165, 1.54) is 12.1 Å². The van der Waals surface area contributed by atoms with Crippen LogP contribution in [-0.4, -0.2) is 12.1 Å². The number of benzene rings is 1. The third-order valence-corrected chi connectivity index (χ3v) is 3.26. The van der Waals surface area contributed by atoms with E-state index in [0.29, 0.717) is 12.5 Å². The number of halogens is 3. The van der Waals surface area contributed by atoms with Crippen LogP contribution in [0.1, 0.15) is 38.8 Å². The van der Waals surface area contributed by atoms with Gasteiger partial charge in [0.25, 0.3) is 0 Å². The zero-order valence-corrected chi connectivity index (χ0v) is 11.9. The average Bonchev–Trinajstić information content (AvgIpc) is 2.27. The van der Waals surface area contributed by atoms with E-state index in [9.17, 15) is 13.2 Å². The van der Waals surface area contributed by atoms with Gasteiger partial charge in [-0.2, -0.15) is 13.2 Å². The summed E-state index contributed by atoms with van der Waals surface area (Å²) in [6.07, 6.45) is -3.62. The Labute approximate surface area is 113 Å². The van der Waals surface area contributed by atoms with Crippen molar-refractivity contribution in [1.29, 1.82) is 0 Å². The lowest BCUT2D eigenvalue weighted by Crippen LogP contribution is -2.37. The maximum absolute atomic E-state index is 12.6. The second kappa shape index (κ2) is 6.42. The third-order valence-electron chi connectivity index (χ3n) is 3.26. The molecule has 0 aromatic heterocycles. The monoisotopic (exact) mass is 273 g/mol. The van der Waals surface area contributed by atoms with Crippen molar-refractivity contribution in [1.82, 2.24) is 5.32 Å². The molecule has 1 aromatic carbocycles. The molecule has 2 unspecified atom stereocenters. The fourth-order valence-corrected chi connectivity index (χ4v) is 2.11. The summed E-state index contributed by atoms with van der Waals surface area (Å²) in [7, 11) is 0. The molecule has 0 aliphatic rings. The molecule has 1 rings (SSSR count). The van der Waals surface area contributed by atoms with Crippen LogP contribution in [0.25, 0.3) is 0 Å². The quantitative estimate of drug-likeness (QED) is 0.844. The van der Waals surface area contributed by atoms with Crippen LogP contribution in [0.3, 0.4) is 0 Å². The first-order chi connectivity index (χ1) is 8.70. The molecule has 0 fully saturated rings. The van der Waals surface area contributed by atoms with Crippen molar-refractivity contribution < 1.29 is 13.2 Å². The highest BCUT2D eigenvalue weighted by Crippen LogP contribution is 2.30. The van der Waals surface area contributed by atoms with Gasteiger partial charge in [-0.25, -0.2) is 0 Å². The minimum atomic E-state index is -4.26. The number of hydrogen-bond donors (Lipinski definition) is 1. The van der Waals surface area contributed by atoms with Crippen LogP contribution in [0, 0.1) is 5.92 Å². The lowest BCUT2D eigenvalue weighted by Gasteiger charge is -2.24. The lowest BCUT2D eigenvalue weighted by molar-refractivity contribution is -0.137. The van der Waals surface area contributed by atoms with E-state index < -0.39 is 11.7 Å². The molecule has 0 bridgehead atoms. The molecule has 1 nitrogen and oxygen atoms in total. The molecular weight excluding hydrogens is 251 g/mol. The Kier molecular flexibility index (Phi) is 5.41. The van der Waals surface area contributed by atoms with Gasteiger partial charge in [0.15, 0.2) is 0 Å². The topological polar surface area (TPSA) is 12.0 Å². The Hall–Kier alpha value is -1.03. The molecule has 2 atom stereocenters. The highest BCUT2D eigenvalue weighted by Gasteiger charge is 2.30. The molecule has 1 aromatic rings. The second-order valence-electron chi connectivity index (χ2n) is 5.49.